The third-order valence-corrected chi connectivity index (χ3v) is 5.82. The van der Waals surface area contributed by atoms with Gasteiger partial charge in [-0.3, -0.25) is 4.79 Å². The fourth-order valence-corrected chi connectivity index (χ4v) is 4.09. The Morgan fingerprint density at radius 3 is 2.55 bits per heavy atom. The summed E-state index contributed by atoms with van der Waals surface area (Å²) in [5.41, 5.74) is 0.120. The molecule has 2 aromatic heterocycles. The van der Waals surface area contributed by atoms with Gasteiger partial charge in [0.25, 0.3) is 5.56 Å². The van der Waals surface area contributed by atoms with Crippen LogP contribution in [0.5, 0.6) is 0 Å². The van der Waals surface area contributed by atoms with E-state index in [1.165, 1.54) is 23.6 Å². The second kappa shape index (κ2) is 7.62. The van der Waals surface area contributed by atoms with Crippen molar-refractivity contribution in [1.29, 1.82) is 0 Å². The molecule has 1 aromatic carbocycles. The minimum atomic E-state index is -4.44. The lowest BCUT2D eigenvalue weighted by atomic mass is 9.90. The summed E-state index contributed by atoms with van der Waals surface area (Å²) in [5.74, 6) is 0.837. The first-order valence-electron chi connectivity index (χ1n) is 10.0. The van der Waals surface area contributed by atoms with Crippen molar-refractivity contribution in [2.45, 2.75) is 58.0 Å². The summed E-state index contributed by atoms with van der Waals surface area (Å²) in [5, 5.41) is 3.74. The first-order chi connectivity index (χ1) is 14.5. The van der Waals surface area contributed by atoms with E-state index in [1.807, 2.05) is 0 Å². The maximum atomic E-state index is 13.3. The lowest BCUT2D eigenvalue weighted by Gasteiger charge is -2.31. The molecule has 1 fully saturated rings. The first-order valence-corrected chi connectivity index (χ1v) is 10.0. The van der Waals surface area contributed by atoms with Gasteiger partial charge in [-0.1, -0.05) is 12.1 Å². The van der Waals surface area contributed by atoms with Crippen LogP contribution in [0, 0.1) is 13.8 Å². The molecule has 3 aromatic rings. The zero-order valence-electron chi connectivity index (χ0n) is 17.3. The molecule has 1 aliphatic rings. The van der Waals surface area contributed by atoms with Crippen LogP contribution < -0.4 is 10.9 Å². The van der Waals surface area contributed by atoms with Gasteiger partial charge in [0, 0.05) is 18.3 Å². The molecule has 0 aliphatic heterocycles. The number of anilines is 1. The minimum absolute atomic E-state index is 0.144. The van der Waals surface area contributed by atoms with Crippen LogP contribution >= 0.6 is 0 Å². The van der Waals surface area contributed by atoms with Crippen molar-refractivity contribution in [3.63, 3.8) is 0 Å². The Morgan fingerprint density at radius 1 is 1.19 bits per heavy atom. The molecule has 0 amide bonds. The highest BCUT2D eigenvalue weighted by Crippen LogP contribution is 2.36. The molecular formula is C22H22F4N4O. The highest BCUT2D eigenvalue weighted by atomic mass is 19.4. The predicted octanol–water partition coefficient (Wildman–Crippen LogP) is 5.27. The van der Waals surface area contributed by atoms with Gasteiger partial charge in [0.1, 0.15) is 17.8 Å². The second-order valence-electron chi connectivity index (χ2n) is 8.04. The molecule has 31 heavy (non-hydrogen) atoms. The second-order valence-corrected chi connectivity index (χ2v) is 8.04. The van der Waals surface area contributed by atoms with Crippen LogP contribution in [0.4, 0.5) is 23.4 Å². The van der Waals surface area contributed by atoms with E-state index in [0.29, 0.717) is 28.1 Å². The summed E-state index contributed by atoms with van der Waals surface area (Å²) in [6.45, 7) is 4.87. The number of benzene rings is 1. The van der Waals surface area contributed by atoms with Gasteiger partial charge in [0.05, 0.1) is 22.5 Å². The molecule has 1 saturated carbocycles. The van der Waals surface area contributed by atoms with Gasteiger partial charge in [0.15, 0.2) is 0 Å². The third kappa shape index (κ3) is 4.00. The average Bonchev–Trinajstić information content (AvgIpc) is 2.64. The summed E-state index contributed by atoms with van der Waals surface area (Å²) < 4.78 is 54.7. The summed E-state index contributed by atoms with van der Waals surface area (Å²) >= 11 is 0. The maximum absolute atomic E-state index is 13.3. The standard InChI is InChI=1S/C22H22F4N4O/c1-11-16(5-4-6-18(11)22(24,25)26)12(2)27-21-17-10-30(15-7-14(23)8-15)20(31)9-19(17)28-13(3)29-21/h4-6,9-10,12,14-15H,7-8H2,1-3H3,(H,27,28,29)/t12-,14?,15?/m1/s1. The van der Waals surface area contributed by atoms with E-state index in [2.05, 4.69) is 15.3 Å². The molecule has 5 nitrogen and oxygen atoms in total. The van der Waals surface area contributed by atoms with E-state index in [4.69, 9.17) is 0 Å². The van der Waals surface area contributed by atoms with E-state index in [0.717, 1.165) is 6.07 Å². The largest absolute Gasteiger partial charge is 0.416 e. The van der Waals surface area contributed by atoms with Crippen molar-refractivity contribution in [3.8, 4) is 0 Å². The van der Waals surface area contributed by atoms with Gasteiger partial charge < -0.3 is 9.88 Å². The van der Waals surface area contributed by atoms with Gasteiger partial charge in [-0.15, -0.1) is 0 Å². The number of hydrogen-bond donors (Lipinski definition) is 1. The fraction of sp³-hybridized carbons (Fsp3) is 0.409. The number of nitrogens with zero attached hydrogens (tertiary/aromatic N) is 3. The van der Waals surface area contributed by atoms with Crippen molar-refractivity contribution >= 4 is 16.7 Å². The molecule has 1 atom stereocenters. The minimum Gasteiger partial charge on any atom is -0.363 e. The quantitative estimate of drug-likeness (QED) is 0.568. The van der Waals surface area contributed by atoms with E-state index in [9.17, 15) is 22.4 Å². The van der Waals surface area contributed by atoms with Crippen molar-refractivity contribution < 1.29 is 17.6 Å². The lowest BCUT2D eigenvalue weighted by Crippen LogP contribution is -2.34. The Morgan fingerprint density at radius 2 is 1.90 bits per heavy atom. The molecular weight excluding hydrogens is 412 g/mol. The average molecular weight is 434 g/mol. The summed E-state index contributed by atoms with van der Waals surface area (Å²) in [6.07, 6.45) is -3.18. The fourth-order valence-electron chi connectivity index (χ4n) is 4.09. The highest BCUT2D eigenvalue weighted by molar-refractivity contribution is 5.88. The molecule has 0 bridgehead atoms. The normalized spacial score (nSPS) is 19.8. The van der Waals surface area contributed by atoms with Crippen LogP contribution in [0.2, 0.25) is 0 Å². The van der Waals surface area contributed by atoms with Crippen molar-refractivity contribution in [3.05, 3.63) is 63.3 Å². The number of aromatic nitrogens is 3. The predicted molar refractivity (Wildman–Crippen MR) is 110 cm³/mol. The van der Waals surface area contributed by atoms with E-state index in [1.54, 1.807) is 26.1 Å². The Labute approximate surface area is 176 Å². The van der Waals surface area contributed by atoms with Gasteiger partial charge >= 0.3 is 6.18 Å². The van der Waals surface area contributed by atoms with Crippen molar-refractivity contribution in [2.24, 2.45) is 0 Å². The van der Waals surface area contributed by atoms with Crippen LogP contribution in [0.1, 0.15) is 54.4 Å². The zero-order chi connectivity index (χ0) is 22.5. The number of hydrogen-bond acceptors (Lipinski definition) is 4. The first kappa shape index (κ1) is 21.3. The van der Waals surface area contributed by atoms with Crippen LogP contribution in [0.25, 0.3) is 10.9 Å². The maximum Gasteiger partial charge on any atom is 0.416 e. The summed E-state index contributed by atoms with van der Waals surface area (Å²) in [4.78, 5) is 21.2. The van der Waals surface area contributed by atoms with Gasteiger partial charge in [-0.2, -0.15) is 13.2 Å². The van der Waals surface area contributed by atoms with Crippen molar-refractivity contribution in [2.75, 3.05) is 5.32 Å². The molecule has 1 aliphatic carbocycles. The van der Waals surface area contributed by atoms with Crippen molar-refractivity contribution in [1.82, 2.24) is 14.5 Å². The number of fused-ring (bicyclic) bond motifs is 1. The van der Waals surface area contributed by atoms with E-state index >= 15 is 0 Å². The number of halogens is 4. The van der Waals surface area contributed by atoms with Gasteiger partial charge in [0.2, 0.25) is 0 Å². The van der Waals surface area contributed by atoms with E-state index < -0.39 is 24.0 Å². The van der Waals surface area contributed by atoms with Crippen LogP contribution in [-0.2, 0) is 6.18 Å². The molecule has 9 heteroatoms. The molecule has 4 rings (SSSR count). The molecule has 164 valence electrons. The van der Waals surface area contributed by atoms with Crippen LogP contribution in [0.3, 0.4) is 0 Å². The topological polar surface area (TPSA) is 59.8 Å². The Balaban J connectivity index is 1.74. The zero-order valence-corrected chi connectivity index (χ0v) is 17.3. The third-order valence-electron chi connectivity index (χ3n) is 5.82. The number of nitrogens with one attached hydrogen (secondary N) is 1. The SMILES string of the molecule is Cc1nc(N[C@H](C)c2cccc(C(F)(F)F)c2C)c2cn(C3CC(F)C3)c(=O)cc2n1. The Bertz CT molecular complexity index is 1200. The van der Waals surface area contributed by atoms with E-state index in [-0.39, 0.29) is 30.0 Å². The molecule has 0 spiro atoms. The van der Waals surface area contributed by atoms with Crippen LogP contribution in [0.15, 0.2) is 35.3 Å². The number of pyridine rings is 1. The molecule has 2 heterocycles. The van der Waals surface area contributed by atoms with Crippen LogP contribution in [-0.4, -0.2) is 20.7 Å². The number of alkyl halides is 4. The number of aryl methyl sites for hydroxylation is 1. The molecule has 0 saturated heterocycles. The van der Waals surface area contributed by atoms with Gasteiger partial charge in [-0.25, -0.2) is 14.4 Å². The number of rotatable bonds is 4. The summed E-state index contributed by atoms with van der Waals surface area (Å²) in [6, 6.07) is 4.77. The molecule has 0 radical (unpaired) electrons. The highest BCUT2D eigenvalue weighted by Gasteiger charge is 2.33. The Hall–Kier alpha value is -2.97. The smallest absolute Gasteiger partial charge is 0.363 e. The lowest BCUT2D eigenvalue weighted by molar-refractivity contribution is -0.138. The molecule has 0 unspecified atom stereocenters. The summed E-state index contributed by atoms with van der Waals surface area (Å²) in [7, 11) is 0. The monoisotopic (exact) mass is 434 g/mol. The molecule has 1 N–H and O–H groups in total. The Kier molecular flexibility index (Phi) is 5.23. The van der Waals surface area contributed by atoms with Gasteiger partial charge in [-0.05, 0) is 50.8 Å².